The van der Waals surface area contributed by atoms with Crippen LogP contribution in [-0.4, -0.2) is 30.8 Å². The van der Waals surface area contributed by atoms with Crippen molar-refractivity contribution in [1.29, 1.82) is 0 Å². The summed E-state index contributed by atoms with van der Waals surface area (Å²) in [6.07, 6.45) is 2.76. The fraction of sp³-hybridized carbons (Fsp3) is 0.571. The summed E-state index contributed by atoms with van der Waals surface area (Å²) in [7, 11) is 0. The van der Waals surface area contributed by atoms with E-state index in [1.165, 1.54) is 29.7 Å². The Morgan fingerprint density at radius 3 is 3.06 bits per heavy atom. The molecule has 0 saturated carbocycles. The molecule has 0 saturated heterocycles. The van der Waals surface area contributed by atoms with Gasteiger partial charge in [0.2, 0.25) is 0 Å². The maximum atomic E-state index is 9.53. The van der Waals surface area contributed by atoms with Crippen LogP contribution in [0, 0.1) is 6.92 Å². The van der Waals surface area contributed by atoms with Gasteiger partial charge in [-0.05, 0) is 37.8 Å². The minimum atomic E-state index is -0.370. The number of hydrogen-bond donors (Lipinski definition) is 2. The predicted molar refractivity (Wildman–Crippen MR) is 71.4 cm³/mol. The number of benzene rings is 1. The molecule has 0 amide bonds. The van der Waals surface area contributed by atoms with Gasteiger partial charge in [-0.2, -0.15) is 0 Å². The minimum Gasteiger partial charge on any atom is -0.392 e. The van der Waals surface area contributed by atoms with Gasteiger partial charge in [-0.3, -0.25) is 0 Å². The van der Waals surface area contributed by atoms with E-state index in [1.807, 2.05) is 0 Å². The topological polar surface area (TPSA) is 49.5 Å². The molecule has 0 spiro atoms. The first-order valence-electron chi connectivity index (χ1n) is 6.43. The van der Waals surface area contributed by atoms with Crippen LogP contribution < -0.4 is 10.6 Å². The summed E-state index contributed by atoms with van der Waals surface area (Å²) in [6.45, 7) is 4.48. The fourth-order valence-electron chi connectivity index (χ4n) is 2.46. The Bertz CT molecular complexity index is 378. The Hall–Kier alpha value is -1.06. The molecule has 94 valence electrons. The first-order chi connectivity index (χ1) is 8.20. The van der Waals surface area contributed by atoms with E-state index in [-0.39, 0.29) is 6.10 Å². The normalized spacial score (nSPS) is 16.8. The van der Waals surface area contributed by atoms with Crippen molar-refractivity contribution >= 4 is 5.69 Å². The second-order valence-electron chi connectivity index (χ2n) is 4.90. The molecule has 3 nitrogen and oxygen atoms in total. The number of nitrogens with two attached hydrogens (primary N) is 1. The molecule has 0 fully saturated rings. The lowest BCUT2D eigenvalue weighted by molar-refractivity contribution is 0.174. The van der Waals surface area contributed by atoms with Crippen LogP contribution in [0.25, 0.3) is 0 Å². The van der Waals surface area contributed by atoms with Crippen molar-refractivity contribution in [3.8, 4) is 0 Å². The smallest absolute Gasteiger partial charge is 0.0679 e. The molecule has 1 aromatic rings. The molecule has 0 aliphatic carbocycles. The van der Waals surface area contributed by atoms with Crippen molar-refractivity contribution in [1.82, 2.24) is 0 Å². The standard InChI is InChI=1S/C14H22N2O/c1-11-4-5-14-12(9-11)3-2-7-16(14)8-6-13(17)10-15/h4-5,9,13,17H,2-3,6-8,10,15H2,1H3. The number of aliphatic hydroxyl groups excluding tert-OH is 1. The van der Waals surface area contributed by atoms with E-state index in [0.29, 0.717) is 6.54 Å². The number of aliphatic hydroxyl groups is 1. The summed E-state index contributed by atoms with van der Waals surface area (Å²) in [5.41, 5.74) is 9.54. The quantitative estimate of drug-likeness (QED) is 0.829. The Morgan fingerprint density at radius 2 is 2.29 bits per heavy atom. The van der Waals surface area contributed by atoms with Gasteiger partial charge in [-0.1, -0.05) is 17.7 Å². The molecule has 0 radical (unpaired) electrons. The van der Waals surface area contributed by atoms with E-state index in [4.69, 9.17) is 5.73 Å². The van der Waals surface area contributed by atoms with Crippen molar-refractivity contribution < 1.29 is 5.11 Å². The Kier molecular flexibility index (Phi) is 4.02. The van der Waals surface area contributed by atoms with Crippen molar-refractivity contribution in [3.63, 3.8) is 0 Å². The van der Waals surface area contributed by atoms with Crippen molar-refractivity contribution in [2.75, 3.05) is 24.5 Å². The predicted octanol–water partition coefficient (Wildman–Crippen LogP) is 1.46. The van der Waals surface area contributed by atoms with Crippen LogP contribution in [-0.2, 0) is 6.42 Å². The van der Waals surface area contributed by atoms with Crippen LogP contribution >= 0.6 is 0 Å². The summed E-state index contributed by atoms with van der Waals surface area (Å²) >= 11 is 0. The molecule has 0 aromatic heterocycles. The monoisotopic (exact) mass is 234 g/mol. The van der Waals surface area contributed by atoms with E-state index >= 15 is 0 Å². The number of nitrogens with zero attached hydrogens (tertiary/aromatic N) is 1. The highest BCUT2D eigenvalue weighted by molar-refractivity contribution is 5.56. The van der Waals surface area contributed by atoms with Crippen LogP contribution in [0.4, 0.5) is 5.69 Å². The number of anilines is 1. The Labute approximate surface area is 103 Å². The maximum Gasteiger partial charge on any atom is 0.0679 e. The third-order valence-corrected chi connectivity index (χ3v) is 3.45. The largest absolute Gasteiger partial charge is 0.392 e. The van der Waals surface area contributed by atoms with E-state index in [2.05, 4.69) is 30.0 Å². The van der Waals surface area contributed by atoms with Crippen LogP contribution in [0.3, 0.4) is 0 Å². The van der Waals surface area contributed by atoms with E-state index in [9.17, 15) is 5.11 Å². The highest BCUT2D eigenvalue weighted by Gasteiger charge is 2.17. The van der Waals surface area contributed by atoms with Crippen LogP contribution in [0.5, 0.6) is 0 Å². The lowest BCUT2D eigenvalue weighted by atomic mass is 9.99. The van der Waals surface area contributed by atoms with Gasteiger partial charge >= 0.3 is 0 Å². The first kappa shape index (κ1) is 12.4. The van der Waals surface area contributed by atoms with E-state index in [1.54, 1.807) is 0 Å². The van der Waals surface area contributed by atoms with Gasteiger partial charge < -0.3 is 15.7 Å². The summed E-state index contributed by atoms with van der Waals surface area (Å²) < 4.78 is 0. The van der Waals surface area contributed by atoms with Crippen LogP contribution in [0.2, 0.25) is 0 Å². The van der Waals surface area contributed by atoms with Gasteiger partial charge in [0.15, 0.2) is 0 Å². The molecule has 1 heterocycles. The maximum absolute atomic E-state index is 9.53. The van der Waals surface area contributed by atoms with E-state index in [0.717, 1.165) is 19.5 Å². The zero-order valence-corrected chi connectivity index (χ0v) is 10.5. The second-order valence-corrected chi connectivity index (χ2v) is 4.90. The highest BCUT2D eigenvalue weighted by atomic mass is 16.3. The van der Waals surface area contributed by atoms with Crippen LogP contribution in [0.1, 0.15) is 24.0 Å². The van der Waals surface area contributed by atoms with Crippen LogP contribution in [0.15, 0.2) is 18.2 Å². The van der Waals surface area contributed by atoms with Crippen molar-refractivity contribution in [2.45, 2.75) is 32.3 Å². The average Bonchev–Trinajstić information content (AvgIpc) is 2.35. The van der Waals surface area contributed by atoms with Gasteiger partial charge in [-0.15, -0.1) is 0 Å². The molecule has 3 N–H and O–H groups in total. The SMILES string of the molecule is Cc1ccc2c(c1)CCCN2CCC(O)CN. The molecule has 1 aliphatic rings. The Balaban J connectivity index is 2.06. The summed E-state index contributed by atoms with van der Waals surface area (Å²) in [5, 5.41) is 9.53. The molecule has 0 bridgehead atoms. The molecule has 1 aromatic carbocycles. The number of hydrogen-bond acceptors (Lipinski definition) is 3. The summed E-state index contributed by atoms with van der Waals surface area (Å²) in [5.74, 6) is 0. The molecule has 2 rings (SSSR count). The second kappa shape index (κ2) is 5.52. The first-order valence-corrected chi connectivity index (χ1v) is 6.43. The molecule has 1 unspecified atom stereocenters. The number of aryl methyl sites for hydroxylation is 2. The zero-order valence-electron chi connectivity index (χ0n) is 10.5. The van der Waals surface area contributed by atoms with Gasteiger partial charge in [0.05, 0.1) is 6.10 Å². The van der Waals surface area contributed by atoms with Crippen molar-refractivity contribution in [3.05, 3.63) is 29.3 Å². The van der Waals surface area contributed by atoms with Gasteiger partial charge in [0.25, 0.3) is 0 Å². The van der Waals surface area contributed by atoms with Gasteiger partial charge in [0.1, 0.15) is 0 Å². The number of fused-ring (bicyclic) bond motifs is 1. The van der Waals surface area contributed by atoms with E-state index < -0.39 is 0 Å². The van der Waals surface area contributed by atoms with Gasteiger partial charge in [0, 0.05) is 25.3 Å². The van der Waals surface area contributed by atoms with Crippen molar-refractivity contribution in [2.24, 2.45) is 5.73 Å². The molecular formula is C14H22N2O. The summed E-state index contributed by atoms with van der Waals surface area (Å²) in [6, 6.07) is 6.65. The lowest BCUT2D eigenvalue weighted by Crippen LogP contribution is -2.33. The average molecular weight is 234 g/mol. The number of rotatable bonds is 4. The summed E-state index contributed by atoms with van der Waals surface area (Å²) in [4.78, 5) is 2.37. The third-order valence-electron chi connectivity index (χ3n) is 3.45. The Morgan fingerprint density at radius 1 is 1.47 bits per heavy atom. The third kappa shape index (κ3) is 2.99. The van der Waals surface area contributed by atoms with Gasteiger partial charge in [-0.25, -0.2) is 0 Å². The molecule has 1 aliphatic heterocycles. The molecule has 1 atom stereocenters. The highest BCUT2D eigenvalue weighted by Crippen LogP contribution is 2.28. The fourth-order valence-corrected chi connectivity index (χ4v) is 2.46. The molecule has 3 heteroatoms. The molecule has 17 heavy (non-hydrogen) atoms. The zero-order chi connectivity index (χ0) is 12.3. The molecular weight excluding hydrogens is 212 g/mol. The minimum absolute atomic E-state index is 0.356. The lowest BCUT2D eigenvalue weighted by Gasteiger charge is -2.32.